The van der Waals surface area contributed by atoms with Crippen LogP contribution in [-0.4, -0.2) is 20.1 Å². The van der Waals surface area contributed by atoms with Crippen LogP contribution >= 0.6 is 0 Å². The number of nitrogens with one attached hydrogen (secondary N) is 1. The average molecular weight is 211 g/mol. The van der Waals surface area contributed by atoms with Crippen LogP contribution in [0.2, 0.25) is 0 Å². The molecule has 1 aliphatic rings. The molecular weight excluding hydrogens is 202 g/mol. The van der Waals surface area contributed by atoms with Crippen LogP contribution in [-0.2, 0) is 14.6 Å². The summed E-state index contributed by atoms with van der Waals surface area (Å²) in [6.45, 7) is 1.81. The smallest absolute Gasteiger partial charge is 0.239 e. The first kappa shape index (κ1) is 9.21. The van der Waals surface area contributed by atoms with Crippen molar-refractivity contribution in [3.8, 4) is 0 Å². The van der Waals surface area contributed by atoms with Gasteiger partial charge >= 0.3 is 0 Å². The molecule has 0 aromatic heterocycles. The van der Waals surface area contributed by atoms with Crippen LogP contribution in [0, 0.1) is 6.92 Å². The Hall–Kier alpha value is -1.36. The molecule has 0 radical (unpaired) electrons. The Morgan fingerprint density at radius 3 is 2.79 bits per heavy atom. The maximum atomic E-state index is 11.6. The highest BCUT2D eigenvalue weighted by molar-refractivity contribution is 7.92. The molecule has 0 saturated heterocycles. The molecular formula is C9H9NO3S. The summed E-state index contributed by atoms with van der Waals surface area (Å²) in [5.74, 6) is -0.926. The lowest BCUT2D eigenvalue weighted by atomic mass is 10.2. The van der Waals surface area contributed by atoms with Gasteiger partial charge in [0.05, 0.1) is 10.6 Å². The average Bonchev–Trinajstić information content (AvgIpc) is 2.05. The number of anilines is 1. The Morgan fingerprint density at radius 1 is 1.36 bits per heavy atom. The first-order valence-corrected chi connectivity index (χ1v) is 5.77. The van der Waals surface area contributed by atoms with Crippen LogP contribution in [0.25, 0.3) is 0 Å². The second-order valence-corrected chi connectivity index (χ2v) is 5.26. The van der Waals surface area contributed by atoms with Crippen molar-refractivity contribution in [2.24, 2.45) is 0 Å². The van der Waals surface area contributed by atoms with E-state index in [4.69, 9.17) is 0 Å². The van der Waals surface area contributed by atoms with E-state index in [2.05, 4.69) is 5.32 Å². The molecule has 0 aliphatic carbocycles. The van der Waals surface area contributed by atoms with Crippen molar-refractivity contribution in [1.82, 2.24) is 0 Å². The van der Waals surface area contributed by atoms with E-state index in [0.29, 0.717) is 5.69 Å². The maximum absolute atomic E-state index is 11.6. The van der Waals surface area contributed by atoms with Gasteiger partial charge in [0.15, 0.2) is 9.84 Å². The molecule has 4 nitrogen and oxygen atoms in total. The quantitative estimate of drug-likeness (QED) is 0.687. The zero-order chi connectivity index (χ0) is 10.3. The van der Waals surface area contributed by atoms with Gasteiger partial charge in [0.2, 0.25) is 5.91 Å². The number of carbonyl (C=O) groups excluding carboxylic acids is 1. The van der Waals surface area contributed by atoms with E-state index in [-0.39, 0.29) is 4.90 Å². The second-order valence-electron chi connectivity index (χ2n) is 3.31. The lowest BCUT2D eigenvalue weighted by Crippen LogP contribution is -2.29. The minimum atomic E-state index is -3.43. The fourth-order valence-electron chi connectivity index (χ4n) is 1.43. The predicted molar refractivity (Wildman–Crippen MR) is 51.9 cm³/mol. The lowest BCUT2D eigenvalue weighted by Gasteiger charge is -2.17. The molecule has 1 N–H and O–H groups in total. The molecule has 0 bridgehead atoms. The summed E-state index contributed by atoms with van der Waals surface area (Å²) in [5.41, 5.74) is 1.25. The molecule has 0 atom stereocenters. The van der Waals surface area contributed by atoms with Crippen LogP contribution in [0.3, 0.4) is 0 Å². The Morgan fingerprint density at radius 2 is 2.07 bits per heavy atom. The first-order chi connectivity index (χ1) is 6.49. The second kappa shape index (κ2) is 2.81. The molecule has 1 aromatic carbocycles. The van der Waals surface area contributed by atoms with Crippen molar-refractivity contribution < 1.29 is 13.2 Å². The number of fused-ring (bicyclic) bond motifs is 1. The van der Waals surface area contributed by atoms with Gasteiger partial charge in [-0.25, -0.2) is 8.42 Å². The van der Waals surface area contributed by atoms with E-state index in [9.17, 15) is 13.2 Å². The van der Waals surface area contributed by atoms with Crippen LogP contribution < -0.4 is 5.32 Å². The highest BCUT2D eigenvalue weighted by Gasteiger charge is 2.28. The third-order valence-electron chi connectivity index (χ3n) is 2.07. The Bertz CT molecular complexity index is 505. The van der Waals surface area contributed by atoms with Gasteiger partial charge < -0.3 is 5.32 Å². The van der Waals surface area contributed by atoms with Crippen molar-refractivity contribution in [1.29, 1.82) is 0 Å². The third kappa shape index (κ3) is 1.39. The minimum absolute atomic E-state index is 0.220. The Kier molecular flexibility index (Phi) is 1.85. The van der Waals surface area contributed by atoms with E-state index in [0.717, 1.165) is 5.56 Å². The standard InChI is InChI=1S/C9H9NO3S/c1-6-2-3-7-8(4-6)14(12,13)5-9(11)10-7/h2-4H,5H2,1H3,(H,10,11). The van der Waals surface area contributed by atoms with Crippen LogP contribution in [0.1, 0.15) is 5.56 Å². The number of aryl methyl sites for hydroxylation is 1. The van der Waals surface area contributed by atoms with Gasteiger partial charge in [-0.3, -0.25) is 4.79 Å². The number of benzene rings is 1. The molecule has 0 saturated carbocycles. The van der Waals surface area contributed by atoms with Crippen molar-refractivity contribution in [2.75, 3.05) is 11.1 Å². The molecule has 0 spiro atoms. The number of amides is 1. The molecule has 1 aliphatic heterocycles. The van der Waals surface area contributed by atoms with Gasteiger partial charge in [-0.1, -0.05) is 6.07 Å². The van der Waals surface area contributed by atoms with E-state index in [1.807, 2.05) is 6.92 Å². The molecule has 1 aromatic rings. The normalized spacial score (nSPS) is 18.5. The Labute approximate surface area is 81.9 Å². The van der Waals surface area contributed by atoms with Crippen molar-refractivity contribution in [3.63, 3.8) is 0 Å². The summed E-state index contributed by atoms with van der Waals surface area (Å²) in [4.78, 5) is 11.3. The number of rotatable bonds is 0. The van der Waals surface area contributed by atoms with E-state index >= 15 is 0 Å². The number of hydrogen-bond acceptors (Lipinski definition) is 3. The molecule has 1 heterocycles. The van der Waals surface area contributed by atoms with Gasteiger partial charge in [-0.15, -0.1) is 0 Å². The highest BCUT2D eigenvalue weighted by atomic mass is 32.2. The fourth-order valence-corrected chi connectivity index (χ4v) is 2.82. The zero-order valence-electron chi connectivity index (χ0n) is 7.57. The van der Waals surface area contributed by atoms with Gasteiger partial charge in [-0.05, 0) is 24.6 Å². The first-order valence-electron chi connectivity index (χ1n) is 4.12. The van der Waals surface area contributed by atoms with Gasteiger partial charge in [0, 0.05) is 0 Å². The van der Waals surface area contributed by atoms with Crippen LogP contribution in [0.4, 0.5) is 5.69 Å². The summed E-state index contributed by atoms with van der Waals surface area (Å²) >= 11 is 0. The predicted octanol–water partition coefficient (Wildman–Crippen LogP) is 0.721. The Balaban J connectivity index is 2.71. The summed E-state index contributed by atoms with van der Waals surface area (Å²) in [5, 5.41) is 2.52. The summed E-state index contributed by atoms with van der Waals surface area (Å²) in [6, 6.07) is 4.95. The van der Waals surface area contributed by atoms with E-state index in [1.165, 1.54) is 0 Å². The van der Waals surface area contributed by atoms with E-state index in [1.54, 1.807) is 18.2 Å². The van der Waals surface area contributed by atoms with Crippen LogP contribution in [0.15, 0.2) is 23.1 Å². The van der Waals surface area contributed by atoms with Gasteiger partial charge in [0.1, 0.15) is 5.75 Å². The largest absolute Gasteiger partial charge is 0.324 e. The molecule has 74 valence electrons. The topological polar surface area (TPSA) is 63.2 Å². The number of carbonyl (C=O) groups is 1. The minimum Gasteiger partial charge on any atom is -0.324 e. The number of hydrogen-bond donors (Lipinski definition) is 1. The molecule has 14 heavy (non-hydrogen) atoms. The summed E-state index contributed by atoms with van der Waals surface area (Å²) < 4.78 is 23.1. The van der Waals surface area contributed by atoms with Gasteiger partial charge in [0.25, 0.3) is 0 Å². The summed E-state index contributed by atoms with van der Waals surface area (Å²) in [6.07, 6.45) is 0. The molecule has 0 unspecified atom stereocenters. The maximum Gasteiger partial charge on any atom is 0.239 e. The zero-order valence-corrected chi connectivity index (χ0v) is 8.39. The highest BCUT2D eigenvalue weighted by Crippen LogP contribution is 2.27. The molecule has 5 heteroatoms. The van der Waals surface area contributed by atoms with E-state index < -0.39 is 21.5 Å². The number of sulfone groups is 1. The molecule has 0 fully saturated rings. The van der Waals surface area contributed by atoms with Gasteiger partial charge in [-0.2, -0.15) is 0 Å². The SMILES string of the molecule is Cc1ccc2c(c1)S(=O)(=O)CC(=O)N2. The molecule has 2 rings (SSSR count). The monoisotopic (exact) mass is 211 g/mol. The molecule has 1 amide bonds. The lowest BCUT2D eigenvalue weighted by molar-refractivity contribution is -0.114. The van der Waals surface area contributed by atoms with Crippen molar-refractivity contribution >= 4 is 21.4 Å². The van der Waals surface area contributed by atoms with Crippen LogP contribution in [0.5, 0.6) is 0 Å². The van der Waals surface area contributed by atoms with Crippen molar-refractivity contribution in [2.45, 2.75) is 11.8 Å². The fraction of sp³-hybridized carbons (Fsp3) is 0.222. The van der Waals surface area contributed by atoms with Crippen molar-refractivity contribution in [3.05, 3.63) is 23.8 Å². The summed E-state index contributed by atoms with van der Waals surface area (Å²) in [7, 11) is -3.43. The third-order valence-corrected chi connectivity index (χ3v) is 3.72.